The maximum Gasteiger partial charge on any atom is 0.256 e. The number of aryl methyl sites for hydroxylation is 2. The number of rotatable bonds is 5. The molecule has 0 fully saturated rings. The van der Waals surface area contributed by atoms with Gasteiger partial charge in [0.1, 0.15) is 5.76 Å². The second kappa shape index (κ2) is 6.91. The fraction of sp³-hybridized carbons (Fsp3) is 0.316. The molecular weight excluding hydrogens is 364 g/mol. The first kappa shape index (κ1) is 17.9. The summed E-state index contributed by atoms with van der Waals surface area (Å²) in [6.07, 6.45) is 2.91. The number of amides is 1. The van der Waals surface area contributed by atoms with Crippen molar-refractivity contribution in [2.75, 3.05) is 12.4 Å². The monoisotopic (exact) mass is 384 g/mol. The van der Waals surface area contributed by atoms with Crippen LogP contribution < -0.4 is 19.5 Å². The average Bonchev–Trinajstić information content (AvgIpc) is 3.35. The molecule has 2 aromatic heterocycles. The second-order valence-corrected chi connectivity index (χ2v) is 6.49. The molecular formula is C19H20N4O5. The van der Waals surface area contributed by atoms with Crippen LogP contribution in [0.5, 0.6) is 17.2 Å². The first-order chi connectivity index (χ1) is 13.4. The van der Waals surface area contributed by atoms with Gasteiger partial charge in [0.2, 0.25) is 12.0 Å². The van der Waals surface area contributed by atoms with Crippen LogP contribution in [0, 0.1) is 13.8 Å². The Hall–Kier alpha value is -3.49. The van der Waals surface area contributed by atoms with Gasteiger partial charge in [-0.1, -0.05) is 5.16 Å². The topological polar surface area (TPSA) is 101 Å². The van der Waals surface area contributed by atoms with E-state index in [-0.39, 0.29) is 5.91 Å². The van der Waals surface area contributed by atoms with Crippen LogP contribution >= 0.6 is 0 Å². The van der Waals surface area contributed by atoms with Crippen molar-refractivity contribution in [2.45, 2.75) is 33.6 Å². The van der Waals surface area contributed by atoms with Crippen molar-refractivity contribution in [3.63, 3.8) is 0 Å². The Morgan fingerprint density at radius 2 is 2.14 bits per heavy atom. The number of nitrogens with zero attached hydrogens (tertiary/aromatic N) is 3. The summed E-state index contributed by atoms with van der Waals surface area (Å²) >= 11 is 0. The molecule has 0 radical (unpaired) electrons. The third-order valence-corrected chi connectivity index (χ3v) is 4.47. The predicted octanol–water partition coefficient (Wildman–Crippen LogP) is 2.91. The first-order valence-electron chi connectivity index (χ1n) is 8.75. The van der Waals surface area contributed by atoms with Crippen molar-refractivity contribution in [1.82, 2.24) is 14.9 Å². The molecule has 0 aliphatic carbocycles. The smallest absolute Gasteiger partial charge is 0.256 e. The average molecular weight is 384 g/mol. The summed E-state index contributed by atoms with van der Waals surface area (Å²) in [5, 5.41) is 11.1. The highest BCUT2D eigenvalue weighted by atomic mass is 16.7. The summed E-state index contributed by atoms with van der Waals surface area (Å²) in [6, 6.07) is 3.24. The van der Waals surface area contributed by atoms with Gasteiger partial charge in [0.05, 0.1) is 31.2 Å². The predicted molar refractivity (Wildman–Crippen MR) is 99.0 cm³/mol. The van der Waals surface area contributed by atoms with Gasteiger partial charge in [-0.15, -0.1) is 0 Å². The molecule has 3 aromatic rings. The third-order valence-electron chi connectivity index (χ3n) is 4.47. The lowest BCUT2D eigenvalue weighted by Gasteiger charge is -2.08. The standard InChI is InChI=1S/C19H20N4O5/c1-10-15(11(2)28-22-10)9-23-8-14(7-20-23)21-19(24)13-5-16(25-4)18-17(6-13)26-12(3)27-18/h5-8,12H,9H2,1-4H3,(H,21,24). The van der Waals surface area contributed by atoms with Gasteiger partial charge >= 0.3 is 0 Å². The van der Waals surface area contributed by atoms with Crippen LogP contribution in [0.3, 0.4) is 0 Å². The van der Waals surface area contributed by atoms with E-state index in [0.29, 0.717) is 35.0 Å². The number of aromatic nitrogens is 3. The normalized spacial score (nSPS) is 14.9. The molecule has 0 saturated carbocycles. The van der Waals surface area contributed by atoms with Crippen molar-refractivity contribution in [3.8, 4) is 17.2 Å². The van der Waals surface area contributed by atoms with Gasteiger partial charge in [-0.3, -0.25) is 9.48 Å². The molecule has 1 unspecified atom stereocenters. The molecule has 1 N–H and O–H groups in total. The van der Waals surface area contributed by atoms with Crippen LogP contribution in [0.4, 0.5) is 5.69 Å². The number of ether oxygens (including phenoxy) is 3. The van der Waals surface area contributed by atoms with E-state index in [0.717, 1.165) is 17.0 Å². The lowest BCUT2D eigenvalue weighted by atomic mass is 10.1. The SMILES string of the molecule is COc1cc(C(=O)Nc2cnn(Cc3c(C)noc3C)c2)cc2c1OC(C)O2. The molecule has 0 saturated heterocycles. The Labute approximate surface area is 161 Å². The molecule has 146 valence electrons. The third kappa shape index (κ3) is 3.26. The van der Waals surface area contributed by atoms with E-state index in [4.69, 9.17) is 18.7 Å². The summed E-state index contributed by atoms with van der Waals surface area (Å²) in [6.45, 7) is 6.01. The van der Waals surface area contributed by atoms with Crippen LogP contribution in [0.25, 0.3) is 0 Å². The molecule has 1 aliphatic rings. The van der Waals surface area contributed by atoms with Crippen molar-refractivity contribution in [2.24, 2.45) is 0 Å². The summed E-state index contributed by atoms with van der Waals surface area (Å²) in [4.78, 5) is 12.7. The second-order valence-electron chi connectivity index (χ2n) is 6.49. The van der Waals surface area contributed by atoms with Gasteiger partial charge in [-0.25, -0.2) is 0 Å². The number of fused-ring (bicyclic) bond motifs is 1. The van der Waals surface area contributed by atoms with Crippen LogP contribution in [-0.4, -0.2) is 34.2 Å². The van der Waals surface area contributed by atoms with Crippen molar-refractivity contribution in [1.29, 1.82) is 0 Å². The molecule has 28 heavy (non-hydrogen) atoms. The van der Waals surface area contributed by atoms with E-state index in [1.54, 1.807) is 36.1 Å². The Morgan fingerprint density at radius 3 is 2.86 bits per heavy atom. The van der Waals surface area contributed by atoms with E-state index in [9.17, 15) is 4.79 Å². The minimum absolute atomic E-state index is 0.304. The van der Waals surface area contributed by atoms with E-state index in [2.05, 4.69) is 15.6 Å². The zero-order chi connectivity index (χ0) is 19.8. The van der Waals surface area contributed by atoms with Gasteiger partial charge in [-0.2, -0.15) is 5.10 Å². The molecule has 0 bridgehead atoms. The molecule has 3 heterocycles. The van der Waals surface area contributed by atoms with Crippen molar-refractivity contribution < 1.29 is 23.5 Å². The van der Waals surface area contributed by atoms with E-state index >= 15 is 0 Å². The van der Waals surface area contributed by atoms with Crippen LogP contribution in [-0.2, 0) is 6.54 Å². The Bertz CT molecular complexity index is 1020. The first-order valence-corrected chi connectivity index (χ1v) is 8.75. The highest BCUT2D eigenvalue weighted by molar-refractivity contribution is 6.05. The number of anilines is 1. The summed E-state index contributed by atoms with van der Waals surface area (Å²) in [7, 11) is 1.52. The van der Waals surface area contributed by atoms with Gasteiger partial charge < -0.3 is 24.1 Å². The summed E-state index contributed by atoms with van der Waals surface area (Å²) < 4.78 is 23.3. The number of nitrogens with one attached hydrogen (secondary N) is 1. The van der Waals surface area contributed by atoms with Crippen LogP contribution in [0.1, 0.15) is 34.3 Å². The van der Waals surface area contributed by atoms with Gasteiger partial charge in [-0.05, 0) is 26.0 Å². The van der Waals surface area contributed by atoms with Gasteiger partial charge in [0.15, 0.2) is 11.5 Å². The number of carbonyl (C=O) groups excluding carboxylic acids is 1. The minimum atomic E-state index is -0.426. The fourth-order valence-corrected chi connectivity index (χ4v) is 3.04. The Kier molecular flexibility index (Phi) is 4.42. The summed E-state index contributed by atoms with van der Waals surface area (Å²) in [5.41, 5.74) is 2.75. The zero-order valence-corrected chi connectivity index (χ0v) is 16.0. The maximum absolute atomic E-state index is 12.7. The molecule has 1 aliphatic heterocycles. The number of methoxy groups -OCH3 is 1. The Morgan fingerprint density at radius 1 is 1.32 bits per heavy atom. The lowest BCUT2D eigenvalue weighted by molar-refractivity contribution is 0.0663. The van der Waals surface area contributed by atoms with Crippen LogP contribution in [0.15, 0.2) is 29.0 Å². The van der Waals surface area contributed by atoms with Gasteiger partial charge in [0, 0.05) is 24.2 Å². The quantitative estimate of drug-likeness (QED) is 0.722. The number of benzene rings is 1. The molecule has 4 rings (SSSR count). The molecule has 9 nitrogen and oxygen atoms in total. The molecule has 1 atom stereocenters. The highest BCUT2D eigenvalue weighted by Gasteiger charge is 2.26. The molecule has 0 spiro atoms. The lowest BCUT2D eigenvalue weighted by Crippen LogP contribution is -2.12. The molecule has 1 aromatic carbocycles. The number of hydrogen-bond acceptors (Lipinski definition) is 7. The van der Waals surface area contributed by atoms with E-state index in [1.165, 1.54) is 7.11 Å². The van der Waals surface area contributed by atoms with E-state index in [1.807, 2.05) is 13.8 Å². The van der Waals surface area contributed by atoms with Gasteiger partial charge in [0.25, 0.3) is 5.91 Å². The van der Waals surface area contributed by atoms with Crippen molar-refractivity contribution >= 4 is 11.6 Å². The van der Waals surface area contributed by atoms with E-state index < -0.39 is 6.29 Å². The molecule has 9 heteroatoms. The van der Waals surface area contributed by atoms with Crippen LogP contribution in [0.2, 0.25) is 0 Å². The highest BCUT2D eigenvalue weighted by Crippen LogP contribution is 2.43. The fourth-order valence-electron chi connectivity index (χ4n) is 3.04. The Balaban J connectivity index is 1.51. The zero-order valence-electron chi connectivity index (χ0n) is 16.0. The molecule has 1 amide bonds. The summed E-state index contributed by atoms with van der Waals surface area (Å²) in [5.74, 6) is 1.87. The minimum Gasteiger partial charge on any atom is -0.493 e. The largest absolute Gasteiger partial charge is 0.493 e. The number of hydrogen-bond donors (Lipinski definition) is 1. The van der Waals surface area contributed by atoms with Crippen molar-refractivity contribution in [3.05, 3.63) is 47.1 Å². The maximum atomic E-state index is 12.7. The number of carbonyl (C=O) groups is 1.